The average Bonchev–Trinajstić information content (AvgIpc) is 2.65. The van der Waals surface area contributed by atoms with Crippen molar-refractivity contribution in [2.75, 3.05) is 0 Å². The molecule has 1 heterocycles. The van der Waals surface area contributed by atoms with E-state index in [1.165, 1.54) is 69.5 Å². The highest BCUT2D eigenvalue weighted by Gasteiger charge is 2.41. The van der Waals surface area contributed by atoms with Crippen LogP contribution in [0.15, 0.2) is 11.3 Å². The van der Waals surface area contributed by atoms with E-state index in [9.17, 15) is 9.90 Å². The van der Waals surface area contributed by atoms with Crippen LogP contribution in [-0.2, 0) is 4.79 Å². The normalized spacial score (nSPS) is 22.3. The molecule has 1 unspecified atom stereocenters. The summed E-state index contributed by atoms with van der Waals surface area (Å²) >= 11 is 1.30. The minimum absolute atomic E-state index is 0.0436. The molecule has 122 valence electrons. The lowest BCUT2D eigenvalue weighted by molar-refractivity contribution is -0.107. The van der Waals surface area contributed by atoms with Crippen molar-refractivity contribution < 1.29 is 9.90 Å². The number of carbonyl (C=O) groups is 1. The second kappa shape index (κ2) is 9.55. The SMILES string of the molecule is CCCCCCCCCCCCC1(C)SC(=O)C(C)=C1O. The predicted octanol–water partition coefficient (Wildman–Crippen LogP) is 6.16. The van der Waals surface area contributed by atoms with E-state index in [4.69, 9.17) is 0 Å². The van der Waals surface area contributed by atoms with Crippen LogP contribution in [0.25, 0.3) is 0 Å². The molecule has 21 heavy (non-hydrogen) atoms. The third-order valence-electron chi connectivity index (χ3n) is 4.49. The van der Waals surface area contributed by atoms with Crippen molar-refractivity contribution in [3.63, 3.8) is 0 Å². The van der Waals surface area contributed by atoms with E-state index in [0.29, 0.717) is 11.3 Å². The van der Waals surface area contributed by atoms with E-state index in [2.05, 4.69) is 6.92 Å². The maximum absolute atomic E-state index is 11.6. The highest BCUT2D eigenvalue weighted by molar-refractivity contribution is 8.15. The molecular formula is C18H32O2S. The Morgan fingerprint density at radius 1 is 0.952 bits per heavy atom. The lowest BCUT2D eigenvalue weighted by Gasteiger charge is -2.22. The molecule has 1 atom stereocenters. The first-order valence-corrected chi connectivity index (χ1v) is 9.46. The molecule has 0 aromatic heterocycles. The first kappa shape index (κ1) is 18.6. The van der Waals surface area contributed by atoms with Gasteiger partial charge in [-0.15, -0.1) is 0 Å². The molecule has 0 spiro atoms. The Kier molecular flexibility index (Phi) is 8.46. The van der Waals surface area contributed by atoms with Crippen molar-refractivity contribution in [2.24, 2.45) is 0 Å². The Hall–Kier alpha value is -0.440. The summed E-state index contributed by atoms with van der Waals surface area (Å²) in [5.41, 5.74) is 0.551. The van der Waals surface area contributed by atoms with Gasteiger partial charge in [0.15, 0.2) is 0 Å². The largest absolute Gasteiger partial charge is 0.510 e. The van der Waals surface area contributed by atoms with Crippen LogP contribution in [0.5, 0.6) is 0 Å². The molecule has 0 fully saturated rings. The van der Waals surface area contributed by atoms with Crippen LogP contribution >= 0.6 is 11.8 Å². The fourth-order valence-corrected chi connectivity index (χ4v) is 4.10. The first-order valence-electron chi connectivity index (χ1n) is 8.65. The van der Waals surface area contributed by atoms with E-state index in [1.807, 2.05) is 6.92 Å². The zero-order valence-corrected chi connectivity index (χ0v) is 14.9. The summed E-state index contributed by atoms with van der Waals surface area (Å²) in [5, 5.41) is 10.1. The molecule has 0 saturated carbocycles. The van der Waals surface area contributed by atoms with Crippen LogP contribution in [0.3, 0.4) is 0 Å². The van der Waals surface area contributed by atoms with Gasteiger partial charge >= 0.3 is 0 Å². The monoisotopic (exact) mass is 312 g/mol. The maximum Gasteiger partial charge on any atom is 0.219 e. The first-order chi connectivity index (χ1) is 10.0. The van der Waals surface area contributed by atoms with Gasteiger partial charge in [-0.25, -0.2) is 0 Å². The molecule has 0 aromatic carbocycles. The van der Waals surface area contributed by atoms with Gasteiger partial charge in [-0.3, -0.25) is 4.79 Å². The number of aliphatic hydroxyl groups is 1. The standard InChI is InChI=1S/C18H32O2S/c1-4-5-6-7-8-9-10-11-12-13-14-18(3)16(19)15(2)17(20)21-18/h19H,4-14H2,1-3H3. The average molecular weight is 313 g/mol. The van der Waals surface area contributed by atoms with E-state index in [-0.39, 0.29) is 9.86 Å². The molecule has 1 aliphatic heterocycles. The summed E-state index contributed by atoms with van der Waals surface area (Å²) in [7, 11) is 0. The zero-order valence-electron chi connectivity index (χ0n) is 14.0. The minimum Gasteiger partial charge on any atom is -0.510 e. The topological polar surface area (TPSA) is 37.3 Å². The number of thioether (sulfide) groups is 1. The van der Waals surface area contributed by atoms with Gasteiger partial charge in [0.1, 0.15) is 5.76 Å². The lowest BCUT2D eigenvalue weighted by Crippen LogP contribution is -2.20. The molecule has 1 aliphatic rings. The molecule has 1 N–H and O–H groups in total. The lowest BCUT2D eigenvalue weighted by atomic mass is 9.97. The van der Waals surface area contributed by atoms with E-state index >= 15 is 0 Å². The van der Waals surface area contributed by atoms with Gasteiger partial charge < -0.3 is 5.11 Å². The van der Waals surface area contributed by atoms with Gasteiger partial charge in [0.2, 0.25) is 5.12 Å². The summed E-state index contributed by atoms with van der Waals surface area (Å²) in [6.45, 7) is 5.98. The number of rotatable bonds is 11. The highest BCUT2D eigenvalue weighted by atomic mass is 32.2. The molecule has 0 amide bonds. The van der Waals surface area contributed by atoms with Crippen molar-refractivity contribution >= 4 is 16.9 Å². The molecule has 3 heteroatoms. The van der Waals surface area contributed by atoms with Crippen molar-refractivity contribution in [2.45, 2.75) is 96.1 Å². The minimum atomic E-state index is -0.360. The molecule has 0 aliphatic carbocycles. The van der Waals surface area contributed by atoms with Gasteiger partial charge in [0.25, 0.3) is 0 Å². The Bertz CT molecular complexity index is 362. The molecule has 1 rings (SSSR count). The summed E-state index contributed by atoms with van der Waals surface area (Å²) in [6, 6.07) is 0. The number of aliphatic hydroxyl groups excluding tert-OH is 1. The third kappa shape index (κ3) is 6.06. The van der Waals surface area contributed by atoms with Gasteiger partial charge in [-0.05, 0) is 20.3 Å². The van der Waals surface area contributed by atoms with Gasteiger partial charge in [-0.2, -0.15) is 0 Å². The fourth-order valence-electron chi connectivity index (χ4n) is 2.94. The van der Waals surface area contributed by atoms with Crippen LogP contribution in [0.1, 0.15) is 91.4 Å². The van der Waals surface area contributed by atoms with Crippen LogP contribution < -0.4 is 0 Å². The summed E-state index contributed by atoms with van der Waals surface area (Å²) in [4.78, 5) is 11.6. The second-order valence-electron chi connectivity index (χ2n) is 6.53. The number of hydrogen-bond donors (Lipinski definition) is 1. The van der Waals surface area contributed by atoms with Crippen LogP contribution in [0, 0.1) is 0 Å². The van der Waals surface area contributed by atoms with Gasteiger partial charge in [0.05, 0.1) is 4.75 Å². The number of carbonyl (C=O) groups excluding carboxylic acids is 1. The fraction of sp³-hybridized carbons (Fsp3) is 0.833. The van der Waals surface area contributed by atoms with Gasteiger partial charge in [0, 0.05) is 5.57 Å². The maximum atomic E-state index is 11.6. The Labute approximate surface area is 134 Å². The quantitative estimate of drug-likeness (QED) is 0.464. The van der Waals surface area contributed by atoms with Crippen molar-refractivity contribution in [1.29, 1.82) is 0 Å². The Morgan fingerprint density at radius 2 is 1.43 bits per heavy atom. The van der Waals surface area contributed by atoms with E-state index < -0.39 is 0 Å². The number of unbranched alkanes of at least 4 members (excludes halogenated alkanes) is 9. The summed E-state index contributed by atoms with van der Waals surface area (Å²) < 4.78 is -0.360. The molecule has 2 nitrogen and oxygen atoms in total. The Morgan fingerprint density at radius 3 is 1.86 bits per heavy atom. The number of hydrogen-bond acceptors (Lipinski definition) is 3. The molecular weight excluding hydrogens is 280 g/mol. The second-order valence-corrected chi connectivity index (χ2v) is 8.00. The van der Waals surface area contributed by atoms with Crippen LogP contribution in [0.2, 0.25) is 0 Å². The van der Waals surface area contributed by atoms with Crippen molar-refractivity contribution in [3.05, 3.63) is 11.3 Å². The summed E-state index contributed by atoms with van der Waals surface area (Å²) in [6.07, 6.45) is 14.1. The molecule has 0 saturated heterocycles. The van der Waals surface area contributed by atoms with Crippen molar-refractivity contribution in [3.8, 4) is 0 Å². The zero-order chi connectivity index (χ0) is 15.7. The highest BCUT2D eigenvalue weighted by Crippen LogP contribution is 2.45. The Balaban J connectivity index is 2.04. The van der Waals surface area contributed by atoms with Gasteiger partial charge in [-0.1, -0.05) is 82.9 Å². The smallest absolute Gasteiger partial charge is 0.219 e. The van der Waals surface area contributed by atoms with E-state index in [1.54, 1.807) is 6.92 Å². The van der Waals surface area contributed by atoms with Crippen LogP contribution in [0.4, 0.5) is 0 Å². The van der Waals surface area contributed by atoms with Crippen molar-refractivity contribution in [1.82, 2.24) is 0 Å². The molecule has 0 bridgehead atoms. The van der Waals surface area contributed by atoms with Crippen LogP contribution in [-0.4, -0.2) is 15.0 Å². The summed E-state index contributed by atoms with van der Waals surface area (Å²) in [5.74, 6) is 0.313. The molecule has 0 aromatic rings. The van der Waals surface area contributed by atoms with E-state index in [0.717, 1.165) is 12.8 Å². The predicted molar refractivity (Wildman–Crippen MR) is 92.8 cm³/mol. The molecule has 0 radical (unpaired) electrons. The third-order valence-corrected chi connectivity index (χ3v) is 5.83.